The third-order valence-electron chi connectivity index (χ3n) is 8.45. The Kier molecular flexibility index (Phi) is 26.5. The number of esters is 1. The number of carboxylic acids is 1. The number of Topliss-reactive ketones (excluding diaryl/α,β-unsaturated/α-hetero) is 2. The summed E-state index contributed by atoms with van der Waals surface area (Å²) in [6, 6.07) is 0. The van der Waals surface area contributed by atoms with Gasteiger partial charge in [0.25, 0.3) is 0 Å². The normalized spacial score (nSPS) is 13.2. The summed E-state index contributed by atoms with van der Waals surface area (Å²) in [5.74, 6) is 1.20. The Morgan fingerprint density at radius 3 is 1.80 bits per heavy atom. The highest BCUT2D eigenvalue weighted by molar-refractivity contribution is 7.99. The molecule has 2 atom stereocenters. The van der Waals surface area contributed by atoms with Gasteiger partial charge in [-0.3, -0.25) is 19.2 Å². The predicted molar refractivity (Wildman–Crippen MR) is 201 cm³/mol. The van der Waals surface area contributed by atoms with Crippen LogP contribution in [0.3, 0.4) is 0 Å². The number of aliphatic carboxylic acids is 1. The van der Waals surface area contributed by atoms with Crippen LogP contribution >= 0.6 is 11.8 Å². The molecule has 292 valence electrons. The second-order valence-corrected chi connectivity index (χ2v) is 17.0. The zero-order chi connectivity index (χ0) is 38.0. The molecule has 50 heavy (non-hydrogen) atoms. The lowest BCUT2D eigenvalue weighted by molar-refractivity contribution is -0.161. The fourth-order valence-corrected chi connectivity index (χ4v) is 6.87. The number of carbonyl (C=O) groups excluding carboxylic acids is 4. The number of carbonyl (C=O) groups is 5. The quantitative estimate of drug-likeness (QED) is 0.0535. The van der Waals surface area contributed by atoms with Crippen LogP contribution in [0.25, 0.3) is 0 Å². The number of thioether (sulfide) groups is 1. The molecule has 0 bridgehead atoms. The highest BCUT2D eigenvalue weighted by Gasteiger charge is 2.29. The van der Waals surface area contributed by atoms with Crippen molar-refractivity contribution < 1.29 is 43.3 Å². The number of ether oxygens (including phenoxy) is 3. The van der Waals surface area contributed by atoms with Gasteiger partial charge in [-0.05, 0) is 81.6 Å². The van der Waals surface area contributed by atoms with Crippen LogP contribution in [0.15, 0.2) is 0 Å². The summed E-state index contributed by atoms with van der Waals surface area (Å²) in [4.78, 5) is 60.8. The van der Waals surface area contributed by atoms with E-state index in [9.17, 15) is 24.0 Å². The van der Waals surface area contributed by atoms with E-state index in [1.54, 1.807) is 20.8 Å². The number of carboxylic acid groups (broad SMARTS) is 1. The van der Waals surface area contributed by atoms with Gasteiger partial charge in [0.05, 0.1) is 25.7 Å². The van der Waals surface area contributed by atoms with E-state index in [1.807, 2.05) is 11.8 Å². The monoisotopic (exact) mass is 729 g/mol. The Morgan fingerprint density at radius 2 is 1.24 bits per heavy atom. The molecule has 1 amide bonds. The van der Waals surface area contributed by atoms with Gasteiger partial charge >= 0.3 is 11.9 Å². The second-order valence-electron chi connectivity index (χ2n) is 15.8. The van der Waals surface area contributed by atoms with Crippen LogP contribution in [-0.4, -0.2) is 84.6 Å². The minimum absolute atomic E-state index is 0.0167. The zero-order valence-electron chi connectivity index (χ0n) is 32.7. The molecule has 0 spiro atoms. The van der Waals surface area contributed by atoms with Crippen LogP contribution in [0.5, 0.6) is 0 Å². The topological polar surface area (TPSA) is 145 Å². The average Bonchev–Trinajstić information content (AvgIpc) is 2.99. The van der Waals surface area contributed by atoms with E-state index >= 15 is 0 Å². The lowest BCUT2D eigenvalue weighted by atomic mass is 9.71. The first kappa shape index (κ1) is 48.0. The summed E-state index contributed by atoms with van der Waals surface area (Å²) in [5, 5.41) is 11.3. The number of amides is 1. The Hall–Kier alpha value is -1.98. The van der Waals surface area contributed by atoms with Crippen molar-refractivity contribution in [3.05, 3.63) is 0 Å². The van der Waals surface area contributed by atoms with E-state index in [1.165, 1.54) is 19.3 Å². The van der Waals surface area contributed by atoms with Crippen molar-refractivity contribution in [1.29, 1.82) is 0 Å². The van der Waals surface area contributed by atoms with Crippen LogP contribution in [0.4, 0.5) is 0 Å². The fraction of sp³-hybridized carbons (Fsp3) is 0.872. The number of hydrogen-bond acceptors (Lipinski definition) is 9. The summed E-state index contributed by atoms with van der Waals surface area (Å²) >= 11 is 1.96. The van der Waals surface area contributed by atoms with Crippen molar-refractivity contribution in [3.8, 4) is 0 Å². The van der Waals surface area contributed by atoms with Crippen molar-refractivity contribution >= 4 is 41.2 Å². The van der Waals surface area contributed by atoms with E-state index in [0.29, 0.717) is 36.9 Å². The third kappa shape index (κ3) is 28.7. The molecular weight excluding hydrogens is 658 g/mol. The number of rotatable bonds is 31. The molecule has 0 saturated carbocycles. The molecule has 0 aromatic heterocycles. The van der Waals surface area contributed by atoms with E-state index in [2.05, 4.69) is 39.9 Å². The second kappa shape index (κ2) is 27.6. The molecule has 11 heteroatoms. The molecule has 2 unspecified atom stereocenters. The highest BCUT2D eigenvalue weighted by atomic mass is 32.2. The van der Waals surface area contributed by atoms with Crippen molar-refractivity contribution in [1.82, 2.24) is 5.32 Å². The van der Waals surface area contributed by atoms with Gasteiger partial charge in [-0.25, -0.2) is 4.79 Å². The van der Waals surface area contributed by atoms with Gasteiger partial charge in [0, 0.05) is 38.6 Å². The maximum Gasteiger partial charge on any atom is 0.329 e. The zero-order valence-corrected chi connectivity index (χ0v) is 33.5. The van der Waals surface area contributed by atoms with Crippen LogP contribution in [-0.2, 0) is 38.2 Å². The summed E-state index contributed by atoms with van der Waals surface area (Å²) in [6.45, 7) is 17.0. The van der Waals surface area contributed by atoms with Crippen molar-refractivity contribution in [2.24, 2.45) is 23.2 Å². The van der Waals surface area contributed by atoms with Gasteiger partial charge < -0.3 is 24.6 Å². The Morgan fingerprint density at radius 1 is 0.700 bits per heavy atom. The van der Waals surface area contributed by atoms with Crippen molar-refractivity contribution in [3.63, 3.8) is 0 Å². The van der Waals surface area contributed by atoms with E-state index in [4.69, 9.17) is 19.3 Å². The van der Waals surface area contributed by atoms with Gasteiger partial charge in [-0.2, -0.15) is 11.8 Å². The van der Waals surface area contributed by atoms with E-state index in [0.717, 1.165) is 43.6 Å². The number of ketones is 2. The number of nitrogens with one attached hydrogen (secondary N) is 1. The fourth-order valence-electron chi connectivity index (χ4n) is 5.85. The minimum atomic E-state index is -1.05. The lowest BCUT2D eigenvalue weighted by Gasteiger charge is -2.33. The van der Waals surface area contributed by atoms with Gasteiger partial charge in [-0.1, -0.05) is 60.3 Å². The largest absolute Gasteiger partial charge is 0.480 e. The molecule has 0 fully saturated rings. The molecule has 0 aliphatic rings. The molecule has 0 aliphatic carbocycles. The maximum atomic E-state index is 12.8. The standard InChI is InChI=1S/C39H71NO9S/c1-30(2)34(38(3,4)5)28-33(42)18-13-10-9-11-15-25-50-26-16-12-14-17-32(41)27-31(37(46)49-39(6,7)8)19-20-35(43)40-21-22-47-23-24-48-29-36(44)45/h30-31,34H,9-29H2,1-8H3,(H,40,43)(H,44,45). The highest BCUT2D eigenvalue weighted by Crippen LogP contribution is 2.35. The number of hydrogen-bond donors (Lipinski definition) is 2. The van der Waals surface area contributed by atoms with Gasteiger partial charge in [0.2, 0.25) is 5.91 Å². The Labute approximate surface area is 307 Å². The molecule has 2 N–H and O–H groups in total. The average molecular weight is 730 g/mol. The third-order valence-corrected chi connectivity index (χ3v) is 9.61. The summed E-state index contributed by atoms with van der Waals surface area (Å²) in [6.07, 6.45) is 10.7. The molecule has 0 aromatic carbocycles. The van der Waals surface area contributed by atoms with E-state index in [-0.39, 0.29) is 69.3 Å². The molecule has 10 nitrogen and oxygen atoms in total. The van der Waals surface area contributed by atoms with Crippen molar-refractivity contribution in [2.45, 2.75) is 151 Å². The number of unbranched alkanes of at least 4 members (excludes halogenated alkanes) is 6. The summed E-state index contributed by atoms with van der Waals surface area (Å²) in [5.41, 5.74) is -0.521. The van der Waals surface area contributed by atoms with Gasteiger partial charge in [-0.15, -0.1) is 0 Å². The summed E-state index contributed by atoms with van der Waals surface area (Å²) in [7, 11) is 0. The first-order valence-electron chi connectivity index (χ1n) is 18.9. The van der Waals surface area contributed by atoms with Crippen LogP contribution in [0.1, 0.15) is 145 Å². The van der Waals surface area contributed by atoms with Crippen LogP contribution in [0.2, 0.25) is 0 Å². The molecule has 0 heterocycles. The molecule has 0 rings (SSSR count). The molecule has 0 radical (unpaired) electrons. The van der Waals surface area contributed by atoms with Crippen LogP contribution in [0, 0.1) is 23.2 Å². The Balaban J connectivity index is 4.13. The van der Waals surface area contributed by atoms with Crippen molar-refractivity contribution in [2.75, 3.05) is 44.5 Å². The SMILES string of the molecule is CC(C)C(CC(=O)CCCCCCCSCCCCCC(=O)CC(CCC(=O)NCCOCCOCC(=O)O)C(=O)OC(C)(C)C)C(C)(C)C. The first-order chi connectivity index (χ1) is 23.4. The van der Waals surface area contributed by atoms with E-state index < -0.39 is 23.5 Å². The summed E-state index contributed by atoms with van der Waals surface area (Å²) < 4.78 is 15.7. The molecule has 0 aromatic rings. The predicted octanol–water partition coefficient (Wildman–Crippen LogP) is 7.83. The maximum absolute atomic E-state index is 12.8. The first-order valence-corrected chi connectivity index (χ1v) is 20.1. The molecule has 0 saturated heterocycles. The smallest absolute Gasteiger partial charge is 0.329 e. The minimum Gasteiger partial charge on any atom is -0.480 e. The van der Waals surface area contributed by atoms with Crippen LogP contribution < -0.4 is 5.32 Å². The van der Waals surface area contributed by atoms with Gasteiger partial charge in [0.1, 0.15) is 23.8 Å². The molecule has 0 aliphatic heterocycles. The lowest BCUT2D eigenvalue weighted by Crippen LogP contribution is -2.32. The Bertz CT molecular complexity index is 972. The van der Waals surface area contributed by atoms with Gasteiger partial charge in [0.15, 0.2) is 0 Å². The molecular formula is C39H71NO9S.